The molecule has 25 heavy (non-hydrogen) atoms. The van der Waals surface area contributed by atoms with Crippen LogP contribution in [-0.4, -0.2) is 54.9 Å². The van der Waals surface area contributed by atoms with Gasteiger partial charge in [0.15, 0.2) is 0 Å². The zero-order valence-corrected chi connectivity index (χ0v) is 13.7. The lowest BCUT2D eigenvalue weighted by molar-refractivity contribution is 0.203. The lowest BCUT2D eigenvalue weighted by atomic mass is 10.0. The van der Waals surface area contributed by atoms with Crippen LogP contribution in [0.1, 0.15) is 5.56 Å². The molecule has 0 aliphatic carbocycles. The summed E-state index contributed by atoms with van der Waals surface area (Å²) in [4.78, 5) is 21.9. The first-order valence-corrected chi connectivity index (χ1v) is 8.26. The van der Waals surface area contributed by atoms with E-state index in [-0.39, 0.29) is 6.03 Å². The molecule has 0 bridgehead atoms. The minimum absolute atomic E-state index is 0.0422. The number of nitrogens with two attached hydrogens (primary N) is 1. The zero-order chi connectivity index (χ0) is 17.2. The summed E-state index contributed by atoms with van der Waals surface area (Å²) in [5.41, 5.74) is 8.98. The molecule has 7 heteroatoms. The number of aromatic nitrogens is 1. The van der Waals surface area contributed by atoms with Gasteiger partial charge >= 0.3 is 6.03 Å². The molecular formula is C18H19N5O2. The third-order valence-corrected chi connectivity index (χ3v) is 4.37. The number of urea groups is 1. The van der Waals surface area contributed by atoms with E-state index in [0.29, 0.717) is 44.4 Å². The Hall–Kier alpha value is -3.09. The molecule has 128 valence electrons. The summed E-state index contributed by atoms with van der Waals surface area (Å²) in [6, 6.07) is 7.73. The van der Waals surface area contributed by atoms with E-state index in [1.807, 2.05) is 30.5 Å². The van der Waals surface area contributed by atoms with Crippen molar-refractivity contribution in [2.45, 2.75) is 0 Å². The van der Waals surface area contributed by atoms with Crippen molar-refractivity contribution in [2.75, 3.05) is 38.5 Å². The summed E-state index contributed by atoms with van der Waals surface area (Å²) in [5.74, 6) is 1.10. The van der Waals surface area contributed by atoms with E-state index in [2.05, 4.69) is 15.3 Å². The van der Waals surface area contributed by atoms with Gasteiger partial charge in [0.05, 0.1) is 18.6 Å². The normalized spacial score (nSPS) is 16.4. The van der Waals surface area contributed by atoms with E-state index in [0.717, 1.165) is 22.0 Å². The number of hydrogen-bond acceptors (Lipinski definition) is 5. The van der Waals surface area contributed by atoms with Gasteiger partial charge in [-0.05, 0) is 29.3 Å². The van der Waals surface area contributed by atoms with Crippen molar-refractivity contribution in [3.8, 4) is 5.75 Å². The van der Waals surface area contributed by atoms with Crippen molar-refractivity contribution < 1.29 is 9.53 Å². The number of nitrogens with zero attached hydrogens (tertiary/aromatic N) is 3. The van der Waals surface area contributed by atoms with Crippen LogP contribution in [0.25, 0.3) is 16.5 Å². The number of hydrogen-bond donors (Lipinski definition) is 2. The highest BCUT2D eigenvalue weighted by Gasteiger charge is 2.19. The first-order valence-electron chi connectivity index (χ1n) is 8.26. The van der Waals surface area contributed by atoms with Crippen LogP contribution in [0.3, 0.4) is 0 Å². The molecule has 2 amide bonds. The van der Waals surface area contributed by atoms with Crippen LogP contribution in [0, 0.1) is 0 Å². The van der Waals surface area contributed by atoms with Crippen LogP contribution in [0.2, 0.25) is 0 Å². The van der Waals surface area contributed by atoms with E-state index in [9.17, 15) is 4.79 Å². The molecule has 3 N–H and O–H groups in total. The number of fused-ring (bicyclic) bond motifs is 1. The Morgan fingerprint density at radius 1 is 1.32 bits per heavy atom. The third kappa shape index (κ3) is 3.13. The topological polar surface area (TPSA) is 92.8 Å². The molecule has 4 rings (SSSR count). The van der Waals surface area contributed by atoms with Gasteiger partial charge < -0.3 is 20.7 Å². The molecule has 0 atom stereocenters. The van der Waals surface area contributed by atoms with Gasteiger partial charge in [-0.25, -0.2) is 9.78 Å². The number of benzene rings is 1. The average Bonchev–Trinajstić information content (AvgIpc) is 3.26. The molecule has 7 nitrogen and oxygen atoms in total. The van der Waals surface area contributed by atoms with Crippen LogP contribution >= 0.6 is 0 Å². The molecule has 1 fully saturated rings. The minimum Gasteiger partial charge on any atom is -0.491 e. The van der Waals surface area contributed by atoms with Crippen molar-refractivity contribution in [3.05, 3.63) is 35.9 Å². The standard InChI is InChI=1S/C18H19N5O2/c19-17-10-16(25-8-7-23-6-5-21-18(23)24)14-2-1-12(9-15(14)22-17)13-3-4-20-11-13/h1-4,9-10H,5-8,11H2,(H2,19,22)(H,21,24). The van der Waals surface area contributed by atoms with Crippen LogP contribution in [-0.2, 0) is 0 Å². The Balaban J connectivity index is 1.54. The summed E-state index contributed by atoms with van der Waals surface area (Å²) in [5, 5.41) is 3.68. The van der Waals surface area contributed by atoms with E-state index >= 15 is 0 Å². The van der Waals surface area contributed by atoms with Gasteiger partial charge in [-0.15, -0.1) is 0 Å². The van der Waals surface area contributed by atoms with E-state index in [1.165, 1.54) is 0 Å². The van der Waals surface area contributed by atoms with Crippen molar-refractivity contribution in [1.82, 2.24) is 15.2 Å². The number of ether oxygens (including phenoxy) is 1. The molecule has 2 aliphatic rings. The Morgan fingerprint density at radius 3 is 3.00 bits per heavy atom. The van der Waals surface area contributed by atoms with Crippen LogP contribution in [0.4, 0.5) is 10.6 Å². The quantitative estimate of drug-likeness (QED) is 0.868. The highest BCUT2D eigenvalue weighted by atomic mass is 16.5. The van der Waals surface area contributed by atoms with Gasteiger partial charge in [0.25, 0.3) is 0 Å². The number of pyridine rings is 1. The molecule has 0 spiro atoms. The Bertz CT molecular complexity index is 890. The van der Waals surface area contributed by atoms with Gasteiger partial charge in [0.2, 0.25) is 0 Å². The molecule has 2 aromatic rings. The molecule has 1 aromatic carbocycles. The first kappa shape index (κ1) is 15.4. The van der Waals surface area contributed by atoms with Crippen molar-refractivity contribution in [1.29, 1.82) is 0 Å². The molecular weight excluding hydrogens is 318 g/mol. The monoisotopic (exact) mass is 337 g/mol. The molecule has 0 unspecified atom stereocenters. The summed E-state index contributed by atoms with van der Waals surface area (Å²) in [7, 11) is 0. The Kier molecular flexibility index (Phi) is 3.97. The Morgan fingerprint density at radius 2 is 2.24 bits per heavy atom. The molecule has 3 heterocycles. The van der Waals surface area contributed by atoms with Crippen LogP contribution < -0.4 is 15.8 Å². The number of nitrogen functional groups attached to an aromatic ring is 1. The van der Waals surface area contributed by atoms with Gasteiger partial charge in [0.1, 0.15) is 18.2 Å². The van der Waals surface area contributed by atoms with Crippen molar-refractivity contribution in [3.63, 3.8) is 0 Å². The molecule has 1 saturated heterocycles. The Labute approximate surface area is 145 Å². The van der Waals surface area contributed by atoms with Crippen LogP contribution in [0.5, 0.6) is 5.75 Å². The van der Waals surface area contributed by atoms with E-state index in [1.54, 1.807) is 11.0 Å². The highest BCUT2D eigenvalue weighted by Crippen LogP contribution is 2.29. The summed E-state index contributed by atoms with van der Waals surface area (Å²) >= 11 is 0. The fourth-order valence-electron chi connectivity index (χ4n) is 3.06. The number of anilines is 1. The van der Waals surface area contributed by atoms with Crippen molar-refractivity contribution >= 4 is 34.5 Å². The summed E-state index contributed by atoms with van der Waals surface area (Å²) in [6.07, 6.45) is 3.82. The maximum atomic E-state index is 11.6. The fourth-order valence-corrected chi connectivity index (χ4v) is 3.06. The van der Waals surface area contributed by atoms with Crippen molar-refractivity contribution in [2.24, 2.45) is 4.99 Å². The second-order valence-corrected chi connectivity index (χ2v) is 6.03. The number of amides is 2. The second-order valence-electron chi connectivity index (χ2n) is 6.03. The SMILES string of the molecule is Nc1cc(OCCN2CCNC2=O)c2ccc(C3=CC=NC3)cc2n1. The molecule has 1 aromatic heterocycles. The molecule has 0 radical (unpaired) electrons. The number of aliphatic imine (C=N–C) groups is 1. The highest BCUT2D eigenvalue weighted by molar-refractivity contribution is 5.94. The predicted octanol–water partition coefficient (Wildman–Crippen LogP) is 1.69. The molecule has 2 aliphatic heterocycles. The number of carbonyl (C=O) groups excluding carboxylic acids is 1. The van der Waals surface area contributed by atoms with Gasteiger partial charge in [-0.1, -0.05) is 6.07 Å². The number of rotatable bonds is 5. The van der Waals surface area contributed by atoms with Gasteiger partial charge in [-0.2, -0.15) is 0 Å². The molecule has 0 saturated carbocycles. The zero-order valence-electron chi connectivity index (χ0n) is 13.7. The lowest BCUT2D eigenvalue weighted by Crippen LogP contribution is -2.31. The first-order chi connectivity index (χ1) is 12.2. The predicted molar refractivity (Wildman–Crippen MR) is 98.0 cm³/mol. The summed E-state index contributed by atoms with van der Waals surface area (Å²) in [6.45, 7) is 3.04. The van der Waals surface area contributed by atoms with E-state index < -0.39 is 0 Å². The maximum absolute atomic E-state index is 11.6. The van der Waals surface area contributed by atoms with E-state index in [4.69, 9.17) is 10.5 Å². The average molecular weight is 337 g/mol. The minimum atomic E-state index is -0.0422. The van der Waals surface area contributed by atoms with Gasteiger partial charge in [-0.3, -0.25) is 4.99 Å². The third-order valence-electron chi connectivity index (χ3n) is 4.37. The fraction of sp³-hybridized carbons (Fsp3) is 0.278. The maximum Gasteiger partial charge on any atom is 0.317 e. The number of carbonyl (C=O) groups is 1. The van der Waals surface area contributed by atoms with Crippen LogP contribution in [0.15, 0.2) is 35.3 Å². The smallest absolute Gasteiger partial charge is 0.317 e. The number of nitrogens with one attached hydrogen (secondary N) is 1. The second kappa shape index (κ2) is 6.43. The number of allylic oxidation sites excluding steroid dienone is 1. The lowest BCUT2D eigenvalue weighted by Gasteiger charge is -2.16. The summed E-state index contributed by atoms with van der Waals surface area (Å²) < 4.78 is 5.89. The largest absolute Gasteiger partial charge is 0.491 e. The van der Waals surface area contributed by atoms with Gasteiger partial charge in [0, 0.05) is 30.8 Å².